The molecule has 0 radical (unpaired) electrons. The molecule has 8 heteroatoms. The lowest BCUT2D eigenvalue weighted by Crippen LogP contribution is -2.37. The van der Waals surface area contributed by atoms with Gasteiger partial charge in [-0.15, -0.1) is 11.3 Å². The van der Waals surface area contributed by atoms with Gasteiger partial charge in [0.15, 0.2) is 0 Å². The van der Waals surface area contributed by atoms with E-state index in [-0.39, 0.29) is 17.4 Å². The Balaban J connectivity index is 1.66. The second-order valence-corrected chi connectivity index (χ2v) is 11.8. The van der Waals surface area contributed by atoms with Crippen molar-refractivity contribution in [3.05, 3.63) is 82.6 Å². The van der Waals surface area contributed by atoms with Gasteiger partial charge in [-0.25, -0.2) is 9.78 Å². The predicted molar refractivity (Wildman–Crippen MR) is 158 cm³/mol. The van der Waals surface area contributed by atoms with Crippen molar-refractivity contribution in [2.45, 2.75) is 64.8 Å². The van der Waals surface area contributed by atoms with Crippen LogP contribution in [0, 0.1) is 11.3 Å². The standard InChI is InChI=1S/C30H38N6OS/c1-20(31)34-22-14-16-23(17-15-22)36(29(37)33-18-27-35-26(19-38-27)30(2,3)4)25-13-9-8-12-24(25)28(32)21-10-6-5-7-11-21/h8-9,12-17,19,21,32,34H,1,5-7,10-11,18,31H2,2-4H3,(H,33,37). The topological polar surface area (TPSA) is 107 Å². The molecule has 7 nitrogen and oxygen atoms in total. The first-order valence-electron chi connectivity index (χ1n) is 13.2. The van der Waals surface area contributed by atoms with E-state index in [1.54, 1.807) is 16.2 Å². The van der Waals surface area contributed by atoms with Gasteiger partial charge in [0.05, 0.1) is 29.4 Å². The second-order valence-electron chi connectivity index (χ2n) is 10.8. The zero-order valence-electron chi connectivity index (χ0n) is 22.5. The quantitative estimate of drug-likeness (QED) is 0.230. The highest BCUT2D eigenvalue weighted by molar-refractivity contribution is 7.09. The molecule has 2 aromatic carbocycles. The van der Waals surface area contributed by atoms with E-state index in [2.05, 4.69) is 43.4 Å². The van der Waals surface area contributed by atoms with Crippen LogP contribution in [0.1, 0.15) is 69.1 Å². The van der Waals surface area contributed by atoms with E-state index >= 15 is 0 Å². The first-order valence-corrected chi connectivity index (χ1v) is 14.0. The number of carbonyl (C=O) groups is 1. The second kappa shape index (κ2) is 11.8. The summed E-state index contributed by atoms with van der Waals surface area (Å²) in [6.45, 7) is 10.4. The average molecular weight is 531 g/mol. The van der Waals surface area contributed by atoms with E-state index in [0.717, 1.165) is 47.6 Å². The van der Waals surface area contributed by atoms with Gasteiger partial charge in [-0.05, 0) is 43.2 Å². The van der Waals surface area contributed by atoms with Crippen molar-refractivity contribution in [3.63, 3.8) is 0 Å². The smallest absolute Gasteiger partial charge is 0.326 e. The molecule has 0 saturated heterocycles. The Labute approximate surface area is 229 Å². The van der Waals surface area contributed by atoms with E-state index in [1.165, 1.54) is 6.42 Å². The maximum Gasteiger partial charge on any atom is 0.326 e. The summed E-state index contributed by atoms with van der Waals surface area (Å²) in [6, 6.07) is 14.9. The van der Waals surface area contributed by atoms with Crippen LogP contribution >= 0.6 is 11.3 Å². The van der Waals surface area contributed by atoms with E-state index in [1.807, 2.05) is 48.5 Å². The van der Waals surface area contributed by atoms with Gasteiger partial charge in [-0.2, -0.15) is 0 Å². The first-order chi connectivity index (χ1) is 18.1. The molecule has 0 aliphatic heterocycles. The number of aromatic nitrogens is 1. The van der Waals surface area contributed by atoms with E-state index in [4.69, 9.17) is 16.1 Å². The van der Waals surface area contributed by atoms with Crippen LogP contribution in [-0.2, 0) is 12.0 Å². The number of anilines is 3. The third kappa shape index (κ3) is 6.61. The number of para-hydroxylation sites is 1. The van der Waals surface area contributed by atoms with Crippen LogP contribution in [0.3, 0.4) is 0 Å². The highest BCUT2D eigenvalue weighted by atomic mass is 32.1. The van der Waals surface area contributed by atoms with Gasteiger partial charge in [0, 0.05) is 33.7 Å². The largest absolute Gasteiger partial charge is 0.386 e. The third-order valence-electron chi connectivity index (χ3n) is 6.79. The Bertz CT molecular complexity index is 1280. The molecule has 3 aromatic rings. The molecule has 0 bridgehead atoms. The summed E-state index contributed by atoms with van der Waals surface area (Å²) in [5.74, 6) is 0.555. The van der Waals surface area contributed by atoms with Crippen LogP contribution in [0.4, 0.5) is 21.9 Å². The minimum absolute atomic E-state index is 0.0478. The molecule has 0 spiro atoms. The van der Waals surface area contributed by atoms with Gasteiger partial charge in [0.25, 0.3) is 0 Å². The van der Waals surface area contributed by atoms with Crippen LogP contribution < -0.4 is 21.3 Å². The summed E-state index contributed by atoms with van der Waals surface area (Å²) in [5, 5.41) is 18.0. The van der Waals surface area contributed by atoms with Crippen LogP contribution in [0.15, 0.2) is 66.3 Å². The highest BCUT2D eigenvalue weighted by Crippen LogP contribution is 2.34. The van der Waals surface area contributed by atoms with Gasteiger partial charge in [0.1, 0.15) is 5.01 Å². The van der Waals surface area contributed by atoms with Gasteiger partial charge < -0.3 is 21.8 Å². The molecule has 0 atom stereocenters. The van der Waals surface area contributed by atoms with E-state index in [9.17, 15) is 4.79 Å². The maximum atomic E-state index is 13.8. The highest BCUT2D eigenvalue weighted by Gasteiger charge is 2.26. The van der Waals surface area contributed by atoms with E-state index < -0.39 is 0 Å². The van der Waals surface area contributed by atoms with Gasteiger partial charge in [-0.1, -0.05) is 64.8 Å². The summed E-state index contributed by atoms with van der Waals surface area (Å²) < 4.78 is 0. The molecule has 1 aromatic heterocycles. The molecule has 2 amide bonds. The molecule has 1 saturated carbocycles. The summed E-state index contributed by atoms with van der Waals surface area (Å²) in [6.07, 6.45) is 5.55. The van der Waals surface area contributed by atoms with Crippen molar-refractivity contribution >= 4 is 40.1 Å². The summed E-state index contributed by atoms with van der Waals surface area (Å²) in [5.41, 5.74) is 10.2. The number of carbonyl (C=O) groups excluding carboxylic acids is 1. The van der Waals surface area contributed by atoms with Gasteiger partial charge >= 0.3 is 6.03 Å². The van der Waals surface area contributed by atoms with Crippen LogP contribution in [-0.4, -0.2) is 16.7 Å². The molecule has 1 aliphatic carbocycles. The third-order valence-corrected chi connectivity index (χ3v) is 7.64. The van der Waals surface area contributed by atoms with Crippen LogP contribution in [0.5, 0.6) is 0 Å². The zero-order valence-corrected chi connectivity index (χ0v) is 23.3. The first kappa shape index (κ1) is 27.4. The molecule has 1 heterocycles. The summed E-state index contributed by atoms with van der Waals surface area (Å²) in [7, 11) is 0. The summed E-state index contributed by atoms with van der Waals surface area (Å²) >= 11 is 1.55. The number of nitrogens with two attached hydrogens (primary N) is 1. The minimum Gasteiger partial charge on any atom is -0.386 e. The monoisotopic (exact) mass is 530 g/mol. The van der Waals surface area contributed by atoms with Crippen molar-refractivity contribution in [2.24, 2.45) is 11.7 Å². The van der Waals surface area contributed by atoms with Crippen LogP contribution in [0.25, 0.3) is 0 Å². The number of amides is 2. The summed E-state index contributed by atoms with van der Waals surface area (Å²) in [4.78, 5) is 20.2. The number of rotatable bonds is 8. The lowest BCUT2D eigenvalue weighted by Gasteiger charge is -2.29. The fourth-order valence-corrected chi connectivity index (χ4v) is 5.68. The van der Waals surface area contributed by atoms with Crippen molar-refractivity contribution in [1.29, 1.82) is 5.41 Å². The molecular formula is C30H38N6OS. The normalized spacial score (nSPS) is 14.1. The SMILES string of the molecule is C=C(N)Nc1ccc(N(C(=O)NCc2nc(C(C)(C)C)cs2)c2ccccc2C(=N)C2CCCCC2)cc1. The van der Waals surface area contributed by atoms with Crippen LogP contribution in [0.2, 0.25) is 0 Å². The molecule has 0 unspecified atom stereocenters. The predicted octanol–water partition coefficient (Wildman–Crippen LogP) is 7.28. The number of benzene rings is 2. The molecule has 38 heavy (non-hydrogen) atoms. The maximum absolute atomic E-state index is 13.8. The Morgan fingerprint density at radius 3 is 2.45 bits per heavy atom. The van der Waals surface area contributed by atoms with Gasteiger partial charge in [0.2, 0.25) is 0 Å². The Morgan fingerprint density at radius 1 is 1.13 bits per heavy atom. The Morgan fingerprint density at radius 2 is 1.82 bits per heavy atom. The van der Waals surface area contributed by atoms with Crippen molar-refractivity contribution < 1.29 is 4.79 Å². The minimum atomic E-state index is -0.273. The lowest BCUT2D eigenvalue weighted by molar-refractivity contribution is 0.248. The Kier molecular flexibility index (Phi) is 8.52. The van der Waals surface area contributed by atoms with Gasteiger partial charge in [-0.3, -0.25) is 4.90 Å². The molecule has 1 aliphatic rings. The Hall–Kier alpha value is -3.65. The number of thiazole rings is 1. The molecule has 1 fully saturated rings. The number of hydrogen-bond acceptors (Lipinski definition) is 6. The fraction of sp³-hybridized carbons (Fsp3) is 0.367. The number of urea groups is 1. The van der Waals surface area contributed by atoms with Crippen molar-refractivity contribution in [2.75, 3.05) is 10.2 Å². The average Bonchev–Trinajstić information content (AvgIpc) is 3.39. The molecule has 4 rings (SSSR count). The zero-order chi connectivity index (χ0) is 27.3. The fourth-order valence-electron chi connectivity index (χ4n) is 4.72. The number of hydrogen-bond donors (Lipinski definition) is 4. The molecule has 5 N–H and O–H groups in total. The molecule has 200 valence electrons. The van der Waals surface area contributed by atoms with Crippen molar-refractivity contribution in [1.82, 2.24) is 10.3 Å². The number of nitrogens with zero attached hydrogens (tertiary/aromatic N) is 2. The van der Waals surface area contributed by atoms with Crippen molar-refractivity contribution in [3.8, 4) is 0 Å². The number of nitrogens with one attached hydrogen (secondary N) is 3. The van der Waals surface area contributed by atoms with E-state index in [0.29, 0.717) is 29.5 Å². The molecular weight excluding hydrogens is 492 g/mol. The lowest BCUT2D eigenvalue weighted by atomic mass is 9.83.